The molecule has 1 radical (unpaired) electrons. The summed E-state index contributed by atoms with van der Waals surface area (Å²) in [6, 6.07) is 0. The van der Waals surface area contributed by atoms with Crippen LogP contribution in [-0.2, 0) is 35.3 Å². The second kappa shape index (κ2) is 19.7. The molecule has 0 atom stereocenters. The van der Waals surface area contributed by atoms with E-state index in [9.17, 15) is 0 Å². The van der Waals surface area contributed by atoms with Crippen molar-refractivity contribution in [3.63, 3.8) is 0 Å². The van der Waals surface area contributed by atoms with Gasteiger partial charge in [-0.2, -0.15) is 12.8 Å². The van der Waals surface area contributed by atoms with Gasteiger partial charge in [0.25, 0.3) is 0 Å². The molecule has 0 unspecified atom stereocenters. The summed E-state index contributed by atoms with van der Waals surface area (Å²) in [5.41, 5.74) is 0. The van der Waals surface area contributed by atoms with E-state index < -0.39 is 24.2 Å². The Kier molecular flexibility index (Phi) is 26.5. The maximum Gasteiger partial charge on any atom is 0.00878 e. The number of ether oxygens (including phenoxy) is 2. The van der Waals surface area contributed by atoms with E-state index in [0.29, 0.717) is 0 Å². The van der Waals surface area contributed by atoms with Gasteiger partial charge in [0.1, 0.15) is 0 Å². The molecular formula is C20H47O2ScSi3-5. The molecule has 2 heterocycles. The van der Waals surface area contributed by atoms with E-state index in [1.807, 2.05) is 13.2 Å². The van der Waals surface area contributed by atoms with Crippen molar-refractivity contribution in [2.24, 2.45) is 0 Å². The smallest absolute Gasteiger partial charge is 0.00878 e. The second-order valence-electron chi connectivity index (χ2n) is 10.0. The SMILES string of the molecule is [CH-]1CCCO1.[CH-]1CCCO1.[CH2-][Si](C)(C)C.[CH2-][Si](C)(C)C.[CH2-][Si](C)(C)C.[Sc]. The van der Waals surface area contributed by atoms with Gasteiger partial charge in [-0.1, -0.05) is 71.8 Å². The fourth-order valence-electron chi connectivity index (χ4n) is 0.833. The average molecular weight is 449 g/mol. The van der Waals surface area contributed by atoms with Crippen molar-refractivity contribution in [2.45, 2.75) is 84.6 Å². The minimum absolute atomic E-state index is 0. The first-order valence-corrected chi connectivity index (χ1v) is 20.5. The number of hydrogen-bond acceptors (Lipinski definition) is 2. The first-order chi connectivity index (χ1) is 11.0. The molecule has 0 aromatic rings. The Labute approximate surface area is 189 Å². The zero-order valence-electron chi connectivity index (χ0n) is 19.4. The summed E-state index contributed by atoms with van der Waals surface area (Å²) in [5.74, 6) is 0. The molecule has 2 aliphatic heterocycles. The van der Waals surface area contributed by atoms with Gasteiger partial charge in [0.05, 0.1) is 0 Å². The molecule has 26 heavy (non-hydrogen) atoms. The van der Waals surface area contributed by atoms with E-state index in [2.05, 4.69) is 78.6 Å². The van der Waals surface area contributed by atoms with Gasteiger partial charge < -0.3 is 29.1 Å². The molecule has 0 aliphatic carbocycles. The van der Waals surface area contributed by atoms with Gasteiger partial charge in [0, 0.05) is 39.1 Å². The minimum Gasteiger partial charge on any atom is -0.552 e. The van der Waals surface area contributed by atoms with E-state index in [1.54, 1.807) is 0 Å². The van der Waals surface area contributed by atoms with Crippen LogP contribution in [0.3, 0.4) is 0 Å². The second-order valence-corrected chi connectivity index (χ2v) is 25.4. The fraction of sp³-hybridized carbons (Fsp3) is 0.750. The van der Waals surface area contributed by atoms with Crippen LogP contribution in [0.15, 0.2) is 0 Å². The molecule has 2 aliphatic rings. The van der Waals surface area contributed by atoms with Crippen LogP contribution in [-0.4, -0.2) is 37.4 Å². The summed E-state index contributed by atoms with van der Waals surface area (Å²) in [6.45, 7) is 37.3. The predicted molar refractivity (Wildman–Crippen MR) is 125 cm³/mol. The van der Waals surface area contributed by atoms with Crippen molar-refractivity contribution in [1.29, 1.82) is 0 Å². The van der Waals surface area contributed by atoms with Crippen molar-refractivity contribution in [2.75, 3.05) is 13.2 Å². The average Bonchev–Trinajstić information content (AvgIpc) is 3.02. The van der Waals surface area contributed by atoms with E-state index in [1.165, 1.54) is 12.8 Å². The molecule has 2 saturated heterocycles. The maximum absolute atomic E-state index is 4.82. The third kappa shape index (κ3) is 116. The third-order valence-electron chi connectivity index (χ3n) is 1.40. The Morgan fingerprint density at radius 3 is 0.808 bits per heavy atom. The van der Waals surface area contributed by atoms with Crippen LogP contribution in [0, 0.1) is 32.9 Å². The molecule has 0 amide bonds. The van der Waals surface area contributed by atoms with Crippen LogP contribution < -0.4 is 0 Å². The van der Waals surface area contributed by atoms with Crippen LogP contribution >= 0.6 is 0 Å². The largest absolute Gasteiger partial charge is 0.552 e. The van der Waals surface area contributed by atoms with E-state index >= 15 is 0 Å². The minimum atomic E-state index is -0.861. The predicted octanol–water partition coefficient (Wildman–Crippen LogP) is 7.01. The molecule has 0 N–H and O–H groups in total. The molecular weight excluding hydrogens is 401 g/mol. The molecule has 0 spiro atoms. The Hall–Kier alpha value is 1.44. The van der Waals surface area contributed by atoms with Gasteiger partial charge >= 0.3 is 0 Å². The molecule has 0 aromatic carbocycles. The quantitative estimate of drug-likeness (QED) is 0.293. The third-order valence-corrected chi connectivity index (χ3v) is 1.40. The van der Waals surface area contributed by atoms with Crippen molar-refractivity contribution in [3.8, 4) is 0 Å². The topological polar surface area (TPSA) is 18.5 Å². The maximum atomic E-state index is 4.82. The van der Waals surface area contributed by atoms with E-state index in [-0.39, 0.29) is 25.8 Å². The number of rotatable bonds is 0. The van der Waals surface area contributed by atoms with Gasteiger partial charge in [-0.15, -0.1) is 24.2 Å². The summed E-state index contributed by atoms with van der Waals surface area (Å²) >= 11 is 0. The van der Waals surface area contributed by atoms with Gasteiger partial charge in [-0.3, -0.25) is 0 Å². The van der Waals surface area contributed by atoms with Crippen molar-refractivity contribution in [1.82, 2.24) is 0 Å². The van der Waals surface area contributed by atoms with Gasteiger partial charge in [0.2, 0.25) is 0 Å². The summed E-state index contributed by atoms with van der Waals surface area (Å²) in [5, 5.41) is 0. The summed E-state index contributed by atoms with van der Waals surface area (Å²) < 4.78 is 9.64. The molecule has 0 aromatic heterocycles. The van der Waals surface area contributed by atoms with Gasteiger partial charge in [-0.05, 0) is 0 Å². The number of hydrogen-bond donors (Lipinski definition) is 0. The van der Waals surface area contributed by atoms with E-state index in [4.69, 9.17) is 9.47 Å². The molecule has 0 saturated carbocycles. The van der Waals surface area contributed by atoms with E-state index in [0.717, 1.165) is 26.1 Å². The van der Waals surface area contributed by atoms with Crippen molar-refractivity contribution < 1.29 is 35.3 Å². The molecule has 159 valence electrons. The molecule has 2 nitrogen and oxygen atoms in total. The zero-order valence-corrected chi connectivity index (χ0v) is 24.2. The molecule has 6 heteroatoms. The Bertz CT molecular complexity index is 190. The molecule has 0 bridgehead atoms. The normalized spacial score (nSPS) is 16.2. The molecule has 2 rings (SSSR count). The standard InChI is InChI=1S/2C4H7O.3C4H11Si.Sc/c2*1-2-4-5-3-1;3*1-5(2,3)4;/h2*3H,1-2,4H2;3*1H2,2-4H3;/q5*-1;. The summed E-state index contributed by atoms with van der Waals surface area (Å²) in [6.07, 6.45) is 4.75. The van der Waals surface area contributed by atoms with Crippen LogP contribution in [0.25, 0.3) is 0 Å². The zero-order chi connectivity index (χ0) is 20.6. The first-order valence-electron chi connectivity index (χ1n) is 9.43. The van der Waals surface area contributed by atoms with Crippen LogP contribution in [0.1, 0.15) is 25.7 Å². The van der Waals surface area contributed by atoms with Crippen LogP contribution in [0.5, 0.6) is 0 Å². The van der Waals surface area contributed by atoms with Gasteiger partial charge in [0.15, 0.2) is 0 Å². The van der Waals surface area contributed by atoms with Crippen LogP contribution in [0.4, 0.5) is 0 Å². The summed E-state index contributed by atoms with van der Waals surface area (Å²) in [7, 11) is -2.58. The Morgan fingerprint density at radius 1 is 0.577 bits per heavy atom. The van der Waals surface area contributed by atoms with Crippen molar-refractivity contribution >= 4 is 24.2 Å². The monoisotopic (exact) mass is 448 g/mol. The summed E-state index contributed by atoms with van der Waals surface area (Å²) in [4.78, 5) is 0. The Morgan fingerprint density at radius 2 is 0.769 bits per heavy atom. The first kappa shape index (κ1) is 34.9. The molecule has 2 fully saturated rings. The van der Waals surface area contributed by atoms with Crippen molar-refractivity contribution in [3.05, 3.63) is 32.9 Å². The van der Waals surface area contributed by atoms with Gasteiger partial charge in [-0.25, -0.2) is 13.2 Å². The van der Waals surface area contributed by atoms with Crippen LogP contribution in [0.2, 0.25) is 58.9 Å². The fourth-order valence-corrected chi connectivity index (χ4v) is 0.833. The Balaban J connectivity index is -0.000000115.